The first kappa shape index (κ1) is 9.04. The Balaban J connectivity index is 2.89. The number of benzene rings is 1. The van der Waals surface area contributed by atoms with Gasteiger partial charge in [0.1, 0.15) is 5.82 Å². The summed E-state index contributed by atoms with van der Waals surface area (Å²) in [5, 5.41) is 0. The number of hydrogen-bond donors (Lipinski definition) is 1. The van der Waals surface area contributed by atoms with E-state index < -0.39 is 13.8 Å². The van der Waals surface area contributed by atoms with Gasteiger partial charge in [-0.2, -0.15) is 4.89 Å². The lowest BCUT2D eigenvalue weighted by Gasteiger charge is -1.91. The summed E-state index contributed by atoms with van der Waals surface area (Å²) >= 11 is 0. The first-order chi connectivity index (χ1) is 5.70. The van der Waals surface area contributed by atoms with Crippen LogP contribution in [0.4, 0.5) is 4.39 Å². The van der Waals surface area contributed by atoms with Crippen LogP contribution in [0.3, 0.4) is 0 Å². The van der Waals surface area contributed by atoms with Crippen LogP contribution in [-0.4, -0.2) is 4.89 Å². The van der Waals surface area contributed by atoms with Gasteiger partial charge in [0.2, 0.25) is 0 Å². The fourth-order valence-corrected chi connectivity index (χ4v) is 1.04. The summed E-state index contributed by atoms with van der Waals surface area (Å²) < 4.78 is 23.0. The lowest BCUT2D eigenvalue weighted by molar-refractivity contribution is 0.513. The maximum Gasteiger partial charge on any atom is 0.538 e. The molecule has 1 aromatic carbocycles. The summed E-state index contributed by atoms with van der Waals surface area (Å²) in [7, 11) is -2.33. The Morgan fingerprint density at radius 3 is 2.67 bits per heavy atom. The van der Waals surface area contributed by atoms with Gasteiger partial charge in [-0.25, -0.2) is 4.39 Å². The fourth-order valence-electron chi connectivity index (χ4n) is 0.754. The van der Waals surface area contributed by atoms with Crippen molar-refractivity contribution in [1.29, 1.82) is 0 Å². The van der Waals surface area contributed by atoms with Crippen LogP contribution < -0.4 is 0 Å². The molecule has 1 aromatic rings. The standard InChI is InChI=1S/C8H6FO2P/c9-8-4-2-1-3-7(8)5-6-12(10)11/h1-6H/p+1. The van der Waals surface area contributed by atoms with Crippen LogP contribution >= 0.6 is 8.03 Å². The fraction of sp³-hybridized carbons (Fsp3) is 0. The third kappa shape index (κ3) is 2.53. The van der Waals surface area contributed by atoms with E-state index in [1.54, 1.807) is 12.1 Å². The molecule has 0 saturated heterocycles. The monoisotopic (exact) mass is 185 g/mol. The molecule has 1 rings (SSSR count). The normalized spacial score (nSPS) is 12.0. The van der Waals surface area contributed by atoms with Crippen molar-refractivity contribution >= 4 is 14.1 Å². The molecule has 4 heteroatoms. The van der Waals surface area contributed by atoms with E-state index in [4.69, 9.17) is 4.89 Å². The highest BCUT2D eigenvalue weighted by molar-refractivity contribution is 7.41. The van der Waals surface area contributed by atoms with E-state index in [0.29, 0.717) is 5.56 Å². The summed E-state index contributed by atoms with van der Waals surface area (Å²) in [6.45, 7) is 0. The van der Waals surface area contributed by atoms with Crippen molar-refractivity contribution in [2.24, 2.45) is 0 Å². The molecule has 0 aliphatic heterocycles. The van der Waals surface area contributed by atoms with Crippen LogP contribution in [0.1, 0.15) is 5.56 Å². The second kappa shape index (κ2) is 4.10. The average Bonchev–Trinajstić information content (AvgIpc) is 2.03. The van der Waals surface area contributed by atoms with Gasteiger partial charge in [0.15, 0.2) is 5.82 Å². The second-order valence-electron chi connectivity index (χ2n) is 2.14. The first-order valence-corrected chi connectivity index (χ1v) is 4.56. The van der Waals surface area contributed by atoms with Gasteiger partial charge >= 0.3 is 8.03 Å². The molecule has 1 N–H and O–H groups in total. The highest BCUT2D eigenvalue weighted by Gasteiger charge is 2.03. The van der Waals surface area contributed by atoms with Crippen LogP contribution in [0.5, 0.6) is 0 Å². The van der Waals surface area contributed by atoms with E-state index in [2.05, 4.69) is 0 Å². The van der Waals surface area contributed by atoms with Crippen LogP contribution in [0.25, 0.3) is 6.08 Å². The molecule has 0 bridgehead atoms. The molecule has 62 valence electrons. The van der Waals surface area contributed by atoms with Crippen molar-refractivity contribution in [3.8, 4) is 0 Å². The van der Waals surface area contributed by atoms with Crippen molar-refractivity contribution in [2.75, 3.05) is 0 Å². The van der Waals surface area contributed by atoms with E-state index in [-0.39, 0.29) is 0 Å². The van der Waals surface area contributed by atoms with Crippen molar-refractivity contribution in [3.63, 3.8) is 0 Å². The smallest absolute Gasteiger partial charge is 0.206 e. The van der Waals surface area contributed by atoms with E-state index >= 15 is 0 Å². The predicted octanol–water partition coefficient (Wildman–Crippen LogP) is 2.53. The van der Waals surface area contributed by atoms with Crippen LogP contribution in [-0.2, 0) is 4.57 Å². The van der Waals surface area contributed by atoms with Gasteiger partial charge in [-0.05, 0) is 16.7 Å². The van der Waals surface area contributed by atoms with Gasteiger partial charge < -0.3 is 0 Å². The zero-order valence-corrected chi connectivity index (χ0v) is 7.04. The molecular formula is C8H7FO2P+. The van der Waals surface area contributed by atoms with Gasteiger partial charge in [-0.15, -0.1) is 0 Å². The molecule has 0 saturated carbocycles. The molecule has 0 heterocycles. The molecule has 0 aliphatic rings. The third-order valence-electron chi connectivity index (χ3n) is 1.29. The topological polar surface area (TPSA) is 37.3 Å². The lowest BCUT2D eigenvalue weighted by Crippen LogP contribution is -1.77. The van der Waals surface area contributed by atoms with E-state index in [0.717, 1.165) is 5.82 Å². The van der Waals surface area contributed by atoms with Gasteiger partial charge in [-0.3, -0.25) is 0 Å². The van der Waals surface area contributed by atoms with Crippen molar-refractivity contribution in [2.45, 2.75) is 0 Å². The molecule has 0 spiro atoms. The molecule has 0 radical (unpaired) electrons. The van der Waals surface area contributed by atoms with Crippen molar-refractivity contribution in [3.05, 3.63) is 41.5 Å². The minimum atomic E-state index is -2.33. The highest BCUT2D eigenvalue weighted by Crippen LogP contribution is 2.18. The Labute approximate surface area is 70.2 Å². The zero-order chi connectivity index (χ0) is 8.97. The summed E-state index contributed by atoms with van der Waals surface area (Å²) in [6.07, 6.45) is 1.29. The largest absolute Gasteiger partial charge is 0.538 e. The number of halogens is 1. The predicted molar refractivity (Wildman–Crippen MR) is 45.3 cm³/mol. The average molecular weight is 185 g/mol. The van der Waals surface area contributed by atoms with E-state index in [9.17, 15) is 8.96 Å². The van der Waals surface area contributed by atoms with Crippen LogP contribution in [0.2, 0.25) is 0 Å². The molecule has 0 aromatic heterocycles. The first-order valence-electron chi connectivity index (χ1n) is 3.28. The summed E-state index contributed by atoms with van der Waals surface area (Å²) in [5.74, 6) is 0.652. The lowest BCUT2D eigenvalue weighted by atomic mass is 10.2. The van der Waals surface area contributed by atoms with Gasteiger partial charge in [-0.1, -0.05) is 18.2 Å². The molecule has 12 heavy (non-hydrogen) atoms. The van der Waals surface area contributed by atoms with Crippen LogP contribution in [0, 0.1) is 5.82 Å². The molecule has 1 unspecified atom stereocenters. The number of rotatable bonds is 2. The molecule has 2 nitrogen and oxygen atoms in total. The van der Waals surface area contributed by atoms with Crippen LogP contribution in [0.15, 0.2) is 30.1 Å². The Hall–Kier alpha value is -1.05. The summed E-state index contributed by atoms with van der Waals surface area (Å²) in [4.78, 5) is 8.40. The second-order valence-corrected chi connectivity index (χ2v) is 3.04. The van der Waals surface area contributed by atoms with Crippen molar-refractivity contribution in [1.82, 2.24) is 0 Å². The Morgan fingerprint density at radius 2 is 2.08 bits per heavy atom. The number of hydrogen-bond acceptors (Lipinski definition) is 1. The molecule has 1 atom stereocenters. The minimum Gasteiger partial charge on any atom is -0.206 e. The van der Waals surface area contributed by atoms with Gasteiger partial charge in [0.05, 0.1) is 0 Å². The van der Waals surface area contributed by atoms with Gasteiger partial charge in [0, 0.05) is 5.56 Å². The molecule has 0 fully saturated rings. The maximum absolute atomic E-state index is 12.8. The SMILES string of the molecule is O=[P+](O)C=Cc1ccccc1F. The zero-order valence-electron chi connectivity index (χ0n) is 6.14. The summed E-state index contributed by atoms with van der Waals surface area (Å²) in [6, 6.07) is 6.05. The van der Waals surface area contributed by atoms with E-state index in [1.165, 1.54) is 18.2 Å². The maximum atomic E-state index is 12.8. The minimum absolute atomic E-state index is 0.315. The Bertz CT molecular complexity index is 323. The molecular weight excluding hydrogens is 178 g/mol. The highest BCUT2D eigenvalue weighted by atomic mass is 31.1. The Morgan fingerprint density at radius 1 is 1.42 bits per heavy atom. The Kier molecular flexibility index (Phi) is 3.09. The molecule has 0 aliphatic carbocycles. The molecule has 0 amide bonds. The van der Waals surface area contributed by atoms with Crippen molar-refractivity contribution < 1.29 is 13.8 Å². The van der Waals surface area contributed by atoms with E-state index in [1.807, 2.05) is 0 Å². The third-order valence-corrected chi connectivity index (χ3v) is 1.69. The summed E-state index contributed by atoms with van der Waals surface area (Å²) in [5.41, 5.74) is 0.315. The van der Waals surface area contributed by atoms with Gasteiger partial charge in [0.25, 0.3) is 0 Å². The quantitative estimate of drug-likeness (QED) is 0.719.